The number of aliphatic hydroxyl groups is 2. The number of hydrogen-bond donors (Lipinski definition) is 3. The van der Waals surface area contributed by atoms with Gasteiger partial charge in [-0.3, -0.25) is 18.6 Å². The van der Waals surface area contributed by atoms with Gasteiger partial charge in [0.05, 0.1) is 19.8 Å². The van der Waals surface area contributed by atoms with Crippen LogP contribution in [0.5, 0.6) is 0 Å². The number of ether oxygens (including phenoxy) is 2. The van der Waals surface area contributed by atoms with Crippen molar-refractivity contribution in [3.63, 3.8) is 0 Å². The third kappa shape index (κ3) is 34.7. The monoisotopic (exact) mass is 718 g/mol. The molecule has 288 valence electrons. The Hall–Kier alpha value is -1.55. The Morgan fingerprint density at radius 1 is 0.592 bits per heavy atom. The van der Waals surface area contributed by atoms with Gasteiger partial charge in [-0.05, 0) is 57.8 Å². The molecule has 1 unspecified atom stereocenters. The van der Waals surface area contributed by atoms with Crippen molar-refractivity contribution in [1.29, 1.82) is 0 Å². The van der Waals surface area contributed by atoms with E-state index in [1.54, 1.807) is 0 Å². The number of rotatable bonds is 36. The highest BCUT2D eigenvalue weighted by atomic mass is 31.2. The maximum absolute atomic E-state index is 12.5. The fourth-order valence-corrected chi connectivity index (χ4v) is 5.82. The van der Waals surface area contributed by atoms with E-state index in [0.29, 0.717) is 12.8 Å². The van der Waals surface area contributed by atoms with Crippen molar-refractivity contribution < 1.29 is 47.8 Å². The number of esters is 2. The summed E-state index contributed by atoms with van der Waals surface area (Å²) >= 11 is 0. The van der Waals surface area contributed by atoms with E-state index < -0.39 is 51.8 Å². The molecule has 49 heavy (non-hydrogen) atoms. The Labute approximate surface area is 298 Å². The molecule has 11 heteroatoms. The summed E-state index contributed by atoms with van der Waals surface area (Å²) in [7, 11) is -4.61. The standard InChI is InChI=1S/C38H71O10P/c1-3-5-7-9-11-13-15-16-17-18-20-22-24-26-28-30-38(42)48-36(34-47-49(43,44)46-32-35(40)31-39)33-45-37(41)29-27-25-23-21-19-14-12-10-8-6-4-2/h10,12,16-17,35-36,39-40H,3-9,11,13-15,18-34H2,1-2H3,(H,43,44)/b12-10+,17-16+/t35-,36+/m0/s1. The summed E-state index contributed by atoms with van der Waals surface area (Å²) in [6.07, 6.45) is 31.5. The summed E-state index contributed by atoms with van der Waals surface area (Å²) in [6.45, 7) is 2.30. The van der Waals surface area contributed by atoms with E-state index in [4.69, 9.17) is 19.1 Å². The Morgan fingerprint density at radius 2 is 1.02 bits per heavy atom. The zero-order valence-electron chi connectivity index (χ0n) is 30.9. The van der Waals surface area contributed by atoms with E-state index in [2.05, 4.69) is 42.7 Å². The molecule has 3 N–H and O–H groups in total. The van der Waals surface area contributed by atoms with Crippen molar-refractivity contribution in [2.75, 3.05) is 26.4 Å². The summed E-state index contributed by atoms with van der Waals surface area (Å²) in [6, 6.07) is 0. The third-order valence-electron chi connectivity index (χ3n) is 8.08. The number of hydrogen-bond acceptors (Lipinski definition) is 9. The van der Waals surface area contributed by atoms with Crippen molar-refractivity contribution in [1.82, 2.24) is 0 Å². The molecule has 10 nitrogen and oxygen atoms in total. The summed E-state index contributed by atoms with van der Waals surface area (Å²) < 4.78 is 32.5. The summed E-state index contributed by atoms with van der Waals surface area (Å²) in [5, 5.41) is 18.3. The molecule has 0 aromatic rings. The number of unbranched alkanes of at least 4 members (excludes halogenated alkanes) is 18. The number of carbonyl (C=O) groups excluding carboxylic acids is 2. The van der Waals surface area contributed by atoms with Gasteiger partial charge in [0.2, 0.25) is 0 Å². The molecule has 0 amide bonds. The molecule has 0 radical (unpaired) electrons. The lowest BCUT2D eigenvalue weighted by Crippen LogP contribution is -2.29. The van der Waals surface area contributed by atoms with Crippen LogP contribution in [0.4, 0.5) is 0 Å². The van der Waals surface area contributed by atoms with E-state index >= 15 is 0 Å². The Kier molecular flexibility index (Phi) is 33.8. The topological polar surface area (TPSA) is 149 Å². The Morgan fingerprint density at radius 3 is 1.53 bits per heavy atom. The van der Waals surface area contributed by atoms with Crippen LogP contribution in [0, 0.1) is 0 Å². The van der Waals surface area contributed by atoms with Crippen LogP contribution in [0.3, 0.4) is 0 Å². The van der Waals surface area contributed by atoms with Gasteiger partial charge in [-0.15, -0.1) is 0 Å². The van der Waals surface area contributed by atoms with Gasteiger partial charge in [0.1, 0.15) is 12.7 Å². The lowest BCUT2D eigenvalue weighted by molar-refractivity contribution is -0.161. The molecule has 0 bridgehead atoms. The maximum Gasteiger partial charge on any atom is 0.472 e. The van der Waals surface area contributed by atoms with Gasteiger partial charge in [-0.1, -0.05) is 122 Å². The van der Waals surface area contributed by atoms with Crippen LogP contribution in [0.15, 0.2) is 24.3 Å². The Balaban J connectivity index is 4.38. The quantitative estimate of drug-likeness (QED) is 0.0248. The molecule has 3 atom stereocenters. The van der Waals surface area contributed by atoms with Crippen LogP contribution in [-0.2, 0) is 32.7 Å². The van der Waals surface area contributed by atoms with Gasteiger partial charge < -0.3 is 24.6 Å². The lowest BCUT2D eigenvalue weighted by atomic mass is 10.1. The second-order valence-corrected chi connectivity index (χ2v) is 14.4. The van der Waals surface area contributed by atoms with E-state index in [0.717, 1.165) is 77.0 Å². The van der Waals surface area contributed by atoms with Crippen LogP contribution in [0.2, 0.25) is 0 Å². The van der Waals surface area contributed by atoms with E-state index in [1.165, 1.54) is 51.4 Å². The average Bonchev–Trinajstić information content (AvgIpc) is 3.09. The fourth-order valence-electron chi connectivity index (χ4n) is 5.03. The van der Waals surface area contributed by atoms with E-state index in [1.807, 2.05) is 0 Å². The van der Waals surface area contributed by atoms with E-state index in [9.17, 15) is 24.2 Å². The summed E-state index contributed by atoms with van der Waals surface area (Å²) in [5.41, 5.74) is 0. The third-order valence-corrected chi connectivity index (χ3v) is 9.03. The van der Waals surface area contributed by atoms with E-state index in [-0.39, 0.29) is 19.4 Å². The van der Waals surface area contributed by atoms with Crippen LogP contribution in [0.25, 0.3) is 0 Å². The van der Waals surface area contributed by atoms with Crippen molar-refractivity contribution in [2.24, 2.45) is 0 Å². The van der Waals surface area contributed by atoms with Crippen LogP contribution in [0.1, 0.15) is 168 Å². The largest absolute Gasteiger partial charge is 0.472 e. The van der Waals surface area contributed by atoms with Gasteiger partial charge in [0, 0.05) is 12.8 Å². The van der Waals surface area contributed by atoms with Gasteiger partial charge in [-0.2, -0.15) is 0 Å². The maximum atomic E-state index is 12.5. The molecule has 0 aromatic heterocycles. The van der Waals surface area contributed by atoms with Crippen LogP contribution in [-0.4, -0.2) is 65.7 Å². The predicted octanol–water partition coefficient (Wildman–Crippen LogP) is 9.44. The predicted molar refractivity (Wildman–Crippen MR) is 196 cm³/mol. The minimum Gasteiger partial charge on any atom is -0.462 e. The first-order valence-corrected chi connectivity index (χ1v) is 20.8. The first-order chi connectivity index (χ1) is 23.7. The second-order valence-electron chi connectivity index (χ2n) is 12.9. The highest BCUT2D eigenvalue weighted by Crippen LogP contribution is 2.43. The molecule has 0 spiro atoms. The van der Waals surface area contributed by atoms with Crippen molar-refractivity contribution in [3.8, 4) is 0 Å². The van der Waals surface area contributed by atoms with Crippen LogP contribution >= 0.6 is 7.82 Å². The first kappa shape index (κ1) is 47.4. The number of phosphoric ester groups is 1. The van der Waals surface area contributed by atoms with Crippen LogP contribution < -0.4 is 0 Å². The summed E-state index contributed by atoms with van der Waals surface area (Å²) in [4.78, 5) is 34.8. The molecule has 0 saturated heterocycles. The molecule has 0 aliphatic heterocycles. The molecule has 0 rings (SSSR count). The number of carbonyl (C=O) groups is 2. The zero-order chi connectivity index (χ0) is 36.3. The van der Waals surface area contributed by atoms with Gasteiger partial charge in [0.25, 0.3) is 0 Å². The molecular weight excluding hydrogens is 647 g/mol. The molecule has 0 heterocycles. The number of allylic oxidation sites excluding steroid dienone is 4. The first-order valence-electron chi connectivity index (χ1n) is 19.3. The molecule has 0 aromatic carbocycles. The normalized spacial score (nSPS) is 14.3. The van der Waals surface area contributed by atoms with Crippen molar-refractivity contribution in [3.05, 3.63) is 24.3 Å². The van der Waals surface area contributed by atoms with Gasteiger partial charge >= 0.3 is 19.8 Å². The van der Waals surface area contributed by atoms with Crippen molar-refractivity contribution in [2.45, 2.75) is 180 Å². The molecule has 0 saturated carbocycles. The fraction of sp³-hybridized carbons (Fsp3) is 0.842. The molecule has 0 aliphatic rings. The lowest BCUT2D eigenvalue weighted by Gasteiger charge is -2.20. The highest BCUT2D eigenvalue weighted by molar-refractivity contribution is 7.47. The minimum atomic E-state index is -4.61. The molecular formula is C38H71O10P. The Bertz CT molecular complexity index is 879. The number of aliphatic hydroxyl groups excluding tert-OH is 2. The smallest absolute Gasteiger partial charge is 0.462 e. The molecule has 0 fully saturated rings. The molecule has 0 aliphatic carbocycles. The van der Waals surface area contributed by atoms with Gasteiger partial charge in [-0.25, -0.2) is 4.57 Å². The number of phosphoric acid groups is 1. The second kappa shape index (κ2) is 34.9. The minimum absolute atomic E-state index is 0.174. The SMILES string of the molecule is CCCC/C=C/CCCCCCCC(=O)OC[C@H](COP(=O)(O)OC[C@@H](O)CO)OC(=O)CCCCCCC/C=C/CCCCCCCC. The average molecular weight is 719 g/mol. The van der Waals surface area contributed by atoms with Crippen molar-refractivity contribution >= 4 is 19.8 Å². The summed E-state index contributed by atoms with van der Waals surface area (Å²) in [5.74, 6) is -0.946. The van der Waals surface area contributed by atoms with Gasteiger partial charge in [0.15, 0.2) is 6.10 Å². The highest BCUT2D eigenvalue weighted by Gasteiger charge is 2.27. The zero-order valence-corrected chi connectivity index (χ0v) is 31.8.